The van der Waals surface area contributed by atoms with Gasteiger partial charge in [0.15, 0.2) is 5.65 Å². The summed E-state index contributed by atoms with van der Waals surface area (Å²) < 4.78 is 1.84. The van der Waals surface area contributed by atoms with E-state index in [2.05, 4.69) is 46.4 Å². The molecule has 1 fully saturated rings. The van der Waals surface area contributed by atoms with Crippen LogP contribution >= 0.6 is 0 Å². The normalized spacial score (nSPS) is 15.3. The summed E-state index contributed by atoms with van der Waals surface area (Å²) in [5.74, 6) is 0.741. The highest BCUT2D eigenvalue weighted by molar-refractivity contribution is 5.87. The van der Waals surface area contributed by atoms with E-state index >= 15 is 0 Å². The number of hydrogen-bond donors (Lipinski definition) is 2. The molecule has 2 N–H and O–H groups in total. The van der Waals surface area contributed by atoms with Crippen molar-refractivity contribution in [2.24, 2.45) is 0 Å². The number of rotatable bonds is 3. The quantitative estimate of drug-likeness (QED) is 0.740. The first-order chi connectivity index (χ1) is 13.0. The predicted molar refractivity (Wildman–Crippen MR) is 102 cm³/mol. The van der Waals surface area contributed by atoms with Gasteiger partial charge in [0, 0.05) is 19.1 Å². The molecule has 0 aliphatic carbocycles. The van der Waals surface area contributed by atoms with Crippen LogP contribution in [0.3, 0.4) is 0 Å². The van der Waals surface area contributed by atoms with Crippen molar-refractivity contribution in [1.82, 2.24) is 24.6 Å². The molecule has 8 heteroatoms. The number of nitrogens with one attached hydrogen (secondary N) is 1. The monoisotopic (exact) mass is 366 g/mol. The number of piperidine rings is 1. The molecule has 0 bridgehead atoms. The lowest BCUT2D eigenvalue weighted by atomic mass is 10.1. The molecule has 1 aliphatic heterocycles. The fourth-order valence-corrected chi connectivity index (χ4v) is 3.59. The fraction of sp³-hybridized carbons (Fsp3) is 0.368. The van der Waals surface area contributed by atoms with E-state index in [0.717, 1.165) is 40.9 Å². The molecule has 0 spiro atoms. The van der Waals surface area contributed by atoms with E-state index in [1.807, 2.05) is 10.7 Å². The van der Waals surface area contributed by atoms with Gasteiger partial charge in [0.05, 0.1) is 17.3 Å². The van der Waals surface area contributed by atoms with Crippen LogP contribution in [0.2, 0.25) is 0 Å². The average molecular weight is 366 g/mol. The fourth-order valence-electron chi connectivity index (χ4n) is 3.59. The summed E-state index contributed by atoms with van der Waals surface area (Å²) in [6, 6.07) is 6.42. The number of aryl methyl sites for hydroxylation is 2. The molecular weight excluding hydrogens is 344 g/mol. The van der Waals surface area contributed by atoms with Crippen molar-refractivity contribution < 1.29 is 9.90 Å². The smallest absolute Gasteiger partial charge is 0.407 e. The Balaban J connectivity index is 1.61. The zero-order chi connectivity index (χ0) is 19.0. The summed E-state index contributed by atoms with van der Waals surface area (Å²) in [5.41, 5.74) is 4.09. The van der Waals surface area contributed by atoms with Crippen molar-refractivity contribution in [2.75, 3.05) is 18.4 Å². The Bertz CT molecular complexity index is 991. The van der Waals surface area contributed by atoms with E-state index in [1.165, 1.54) is 10.5 Å². The van der Waals surface area contributed by atoms with Crippen molar-refractivity contribution >= 4 is 22.9 Å². The molecule has 2 aromatic heterocycles. The molecule has 0 saturated carbocycles. The lowest BCUT2D eigenvalue weighted by Crippen LogP contribution is -2.41. The van der Waals surface area contributed by atoms with Crippen molar-refractivity contribution in [3.05, 3.63) is 41.9 Å². The molecular formula is C19H22N6O2. The van der Waals surface area contributed by atoms with Gasteiger partial charge in [-0.25, -0.2) is 19.4 Å². The number of likely N-dealkylation sites (tertiary alicyclic amines) is 1. The van der Waals surface area contributed by atoms with Crippen LogP contribution in [0, 0.1) is 13.8 Å². The number of benzene rings is 1. The second-order valence-corrected chi connectivity index (χ2v) is 6.99. The first-order valence-corrected chi connectivity index (χ1v) is 9.03. The van der Waals surface area contributed by atoms with Crippen molar-refractivity contribution in [1.29, 1.82) is 0 Å². The molecule has 4 rings (SSSR count). The summed E-state index contributed by atoms with van der Waals surface area (Å²) in [7, 11) is 0. The number of hydrogen-bond acceptors (Lipinski definition) is 5. The van der Waals surface area contributed by atoms with Crippen LogP contribution in [0.25, 0.3) is 16.7 Å². The van der Waals surface area contributed by atoms with Gasteiger partial charge in [0.1, 0.15) is 12.1 Å². The molecule has 3 heterocycles. The van der Waals surface area contributed by atoms with Gasteiger partial charge in [0.25, 0.3) is 0 Å². The van der Waals surface area contributed by atoms with E-state index in [0.29, 0.717) is 13.1 Å². The molecule has 0 atom stereocenters. The number of carboxylic acid groups (broad SMARTS) is 1. The maximum atomic E-state index is 11.1. The van der Waals surface area contributed by atoms with E-state index in [-0.39, 0.29) is 6.04 Å². The summed E-state index contributed by atoms with van der Waals surface area (Å²) in [6.07, 6.45) is 3.97. The topological polar surface area (TPSA) is 96.2 Å². The van der Waals surface area contributed by atoms with Crippen LogP contribution in [-0.4, -0.2) is 55.0 Å². The highest BCUT2D eigenvalue weighted by Crippen LogP contribution is 2.25. The van der Waals surface area contributed by atoms with Crippen LogP contribution in [0.5, 0.6) is 0 Å². The Morgan fingerprint density at radius 3 is 2.70 bits per heavy atom. The van der Waals surface area contributed by atoms with Crippen LogP contribution < -0.4 is 5.32 Å². The van der Waals surface area contributed by atoms with E-state index in [4.69, 9.17) is 5.11 Å². The number of nitrogens with zero attached hydrogens (tertiary/aromatic N) is 5. The molecule has 3 aromatic rings. The van der Waals surface area contributed by atoms with Crippen molar-refractivity contribution in [2.45, 2.75) is 32.7 Å². The van der Waals surface area contributed by atoms with E-state index < -0.39 is 6.09 Å². The first-order valence-electron chi connectivity index (χ1n) is 9.03. The molecule has 0 unspecified atom stereocenters. The minimum Gasteiger partial charge on any atom is -0.465 e. The lowest BCUT2D eigenvalue weighted by molar-refractivity contribution is 0.134. The zero-order valence-corrected chi connectivity index (χ0v) is 15.4. The maximum absolute atomic E-state index is 11.1. The lowest BCUT2D eigenvalue weighted by Gasteiger charge is -2.30. The van der Waals surface area contributed by atoms with Gasteiger partial charge in [-0.05, 0) is 38.3 Å². The van der Waals surface area contributed by atoms with Gasteiger partial charge in [-0.3, -0.25) is 0 Å². The predicted octanol–water partition coefficient (Wildman–Crippen LogP) is 2.99. The Kier molecular flexibility index (Phi) is 4.39. The van der Waals surface area contributed by atoms with Crippen LogP contribution in [0.4, 0.5) is 10.6 Å². The summed E-state index contributed by atoms with van der Waals surface area (Å²) in [6.45, 7) is 5.19. The van der Waals surface area contributed by atoms with Gasteiger partial charge < -0.3 is 15.3 Å². The van der Waals surface area contributed by atoms with E-state index in [9.17, 15) is 4.79 Å². The number of amides is 1. The van der Waals surface area contributed by atoms with Gasteiger partial charge in [-0.15, -0.1) is 0 Å². The third-order valence-corrected chi connectivity index (χ3v) is 5.05. The minimum absolute atomic E-state index is 0.183. The highest BCUT2D eigenvalue weighted by Gasteiger charge is 2.23. The second kappa shape index (κ2) is 6.86. The van der Waals surface area contributed by atoms with Crippen molar-refractivity contribution in [3.8, 4) is 5.69 Å². The first kappa shape index (κ1) is 17.3. The van der Waals surface area contributed by atoms with Gasteiger partial charge in [0.2, 0.25) is 0 Å². The molecule has 140 valence electrons. The largest absolute Gasteiger partial charge is 0.465 e. The SMILES string of the molecule is Cc1ccc(-n2ncc3c(NC4CCN(C(=O)O)CC4)ncnc32)c(C)c1. The second-order valence-electron chi connectivity index (χ2n) is 6.99. The Morgan fingerprint density at radius 1 is 1.22 bits per heavy atom. The van der Waals surface area contributed by atoms with Gasteiger partial charge in [-0.2, -0.15) is 5.10 Å². The molecule has 1 saturated heterocycles. The third kappa shape index (κ3) is 3.30. The standard InChI is InChI=1S/C19H22N6O2/c1-12-3-4-16(13(2)9-12)25-18-15(10-22-25)17(20-11-21-18)23-14-5-7-24(8-6-14)19(26)27/h3-4,9-11,14H,5-8H2,1-2H3,(H,26,27)(H,20,21,23). The van der Waals surface area contributed by atoms with Crippen LogP contribution in [0.1, 0.15) is 24.0 Å². The summed E-state index contributed by atoms with van der Waals surface area (Å²) in [5, 5.41) is 17.9. The average Bonchev–Trinajstić information content (AvgIpc) is 3.07. The molecule has 27 heavy (non-hydrogen) atoms. The van der Waals surface area contributed by atoms with Crippen molar-refractivity contribution in [3.63, 3.8) is 0 Å². The van der Waals surface area contributed by atoms with E-state index in [1.54, 1.807) is 12.5 Å². The number of carbonyl (C=O) groups is 1. The molecule has 1 amide bonds. The number of aromatic nitrogens is 4. The third-order valence-electron chi connectivity index (χ3n) is 5.05. The summed E-state index contributed by atoms with van der Waals surface area (Å²) >= 11 is 0. The highest BCUT2D eigenvalue weighted by atomic mass is 16.4. The van der Waals surface area contributed by atoms with Crippen LogP contribution in [0.15, 0.2) is 30.7 Å². The number of fused-ring (bicyclic) bond motifs is 1. The van der Waals surface area contributed by atoms with Gasteiger partial charge in [-0.1, -0.05) is 17.7 Å². The Labute approximate surface area is 156 Å². The Morgan fingerprint density at radius 2 is 2.00 bits per heavy atom. The molecule has 1 aliphatic rings. The molecule has 0 radical (unpaired) electrons. The minimum atomic E-state index is -0.854. The van der Waals surface area contributed by atoms with Gasteiger partial charge >= 0.3 is 6.09 Å². The summed E-state index contributed by atoms with van der Waals surface area (Å²) in [4.78, 5) is 21.3. The molecule has 8 nitrogen and oxygen atoms in total. The Hall–Kier alpha value is -3.16. The van der Waals surface area contributed by atoms with Crippen LogP contribution in [-0.2, 0) is 0 Å². The molecule has 1 aromatic carbocycles. The zero-order valence-electron chi connectivity index (χ0n) is 15.4. The maximum Gasteiger partial charge on any atom is 0.407 e. The number of anilines is 1.